The third kappa shape index (κ3) is 11.8. The van der Waals surface area contributed by atoms with Crippen molar-refractivity contribution in [3.8, 4) is 0 Å². The number of carbonyl (C=O) groups excluding carboxylic acids is 1. The first-order valence-electron chi connectivity index (χ1n) is 6.87. The molecule has 7 nitrogen and oxygen atoms in total. The van der Waals surface area contributed by atoms with Gasteiger partial charge < -0.3 is 24.6 Å². The molecule has 2 N–H and O–H groups in total. The number of aliphatic carboxylic acids is 2. The topological polar surface area (TPSA) is 102 Å². The van der Waals surface area contributed by atoms with Crippen molar-refractivity contribution in [3.05, 3.63) is 30.1 Å². The van der Waals surface area contributed by atoms with E-state index in [0.29, 0.717) is 10.9 Å². The molecule has 1 heterocycles. The molecule has 22 heavy (non-hydrogen) atoms. The summed E-state index contributed by atoms with van der Waals surface area (Å²) in [7, 11) is 5.40. The SMILES string of the molecule is CC(O)Cc1ccc[n+](CC(=O)O)c1.C[N+](C)(C)CC(=O)[O-]. The van der Waals surface area contributed by atoms with Crippen LogP contribution in [-0.4, -0.2) is 60.4 Å². The zero-order valence-electron chi connectivity index (χ0n) is 13.5. The van der Waals surface area contributed by atoms with Gasteiger partial charge in [-0.05, 0) is 13.0 Å². The molecule has 1 aromatic heterocycles. The molecule has 0 saturated carbocycles. The quantitative estimate of drug-likeness (QED) is 0.488. The smallest absolute Gasteiger partial charge is 0.370 e. The lowest BCUT2D eigenvalue weighted by molar-refractivity contribution is -0.864. The molecule has 0 fully saturated rings. The lowest BCUT2D eigenvalue weighted by Gasteiger charge is -2.23. The molecule has 1 rings (SSSR count). The number of carboxylic acid groups (broad SMARTS) is 2. The Bertz CT molecular complexity index is 495. The Hall–Kier alpha value is -1.99. The predicted molar refractivity (Wildman–Crippen MR) is 77.6 cm³/mol. The van der Waals surface area contributed by atoms with E-state index in [2.05, 4.69) is 0 Å². The van der Waals surface area contributed by atoms with Crippen LogP contribution in [0.5, 0.6) is 0 Å². The number of quaternary nitrogens is 1. The van der Waals surface area contributed by atoms with Gasteiger partial charge in [0, 0.05) is 18.1 Å². The Balaban J connectivity index is 0.000000472. The second-order valence-corrected chi connectivity index (χ2v) is 6.15. The summed E-state index contributed by atoms with van der Waals surface area (Å²) in [6.07, 6.45) is 3.57. The normalized spacial score (nSPS) is 12.0. The van der Waals surface area contributed by atoms with Crippen LogP contribution in [0.1, 0.15) is 12.5 Å². The highest BCUT2D eigenvalue weighted by atomic mass is 16.4. The van der Waals surface area contributed by atoms with E-state index in [1.54, 1.807) is 51.1 Å². The van der Waals surface area contributed by atoms with Crippen LogP contribution in [0.2, 0.25) is 0 Å². The number of aromatic nitrogens is 1. The minimum Gasteiger partial charge on any atom is -0.544 e. The molecule has 0 radical (unpaired) electrons. The van der Waals surface area contributed by atoms with Gasteiger partial charge >= 0.3 is 5.97 Å². The number of rotatable bonds is 6. The number of carboxylic acids is 2. The third-order valence-electron chi connectivity index (χ3n) is 2.37. The van der Waals surface area contributed by atoms with Crippen LogP contribution < -0.4 is 9.67 Å². The first-order chi connectivity index (χ1) is 9.99. The Morgan fingerprint density at radius 2 is 1.95 bits per heavy atom. The van der Waals surface area contributed by atoms with E-state index in [-0.39, 0.29) is 13.1 Å². The van der Waals surface area contributed by atoms with E-state index in [1.807, 2.05) is 6.07 Å². The largest absolute Gasteiger partial charge is 0.544 e. The fraction of sp³-hybridized carbons (Fsp3) is 0.533. The maximum atomic E-state index is 10.4. The van der Waals surface area contributed by atoms with Gasteiger partial charge in [0.2, 0.25) is 6.54 Å². The number of nitrogens with zero attached hydrogens (tertiary/aromatic N) is 2. The summed E-state index contributed by atoms with van der Waals surface area (Å²) in [5, 5.41) is 27.6. The van der Waals surface area contributed by atoms with Crippen LogP contribution in [0.3, 0.4) is 0 Å². The number of aliphatic hydroxyl groups is 1. The molecule has 0 aliphatic heterocycles. The molecule has 1 atom stereocenters. The van der Waals surface area contributed by atoms with Crippen molar-refractivity contribution < 1.29 is 34.0 Å². The van der Waals surface area contributed by atoms with Gasteiger partial charge in [-0.15, -0.1) is 0 Å². The van der Waals surface area contributed by atoms with Crippen LogP contribution in [0, 0.1) is 0 Å². The maximum Gasteiger partial charge on any atom is 0.370 e. The number of likely N-dealkylation sites (N-methyl/N-ethyl adjacent to an activating group) is 1. The number of pyridine rings is 1. The third-order valence-corrected chi connectivity index (χ3v) is 2.37. The van der Waals surface area contributed by atoms with Gasteiger partial charge in [0.15, 0.2) is 12.4 Å². The van der Waals surface area contributed by atoms with Crippen LogP contribution in [-0.2, 0) is 22.6 Å². The maximum absolute atomic E-state index is 10.4. The summed E-state index contributed by atoms with van der Waals surface area (Å²) in [5.41, 5.74) is 0.934. The van der Waals surface area contributed by atoms with Gasteiger partial charge in [0.1, 0.15) is 6.54 Å². The summed E-state index contributed by atoms with van der Waals surface area (Å²) in [6.45, 7) is 1.72. The van der Waals surface area contributed by atoms with Crippen molar-refractivity contribution in [3.63, 3.8) is 0 Å². The molecule has 7 heteroatoms. The number of hydrogen-bond acceptors (Lipinski definition) is 4. The van der Waals surface area contributed by atoms with Gasteiger partial charge in [-0.2, -0.15) is 4.57 Å². The molecule has 0 aliphatic rings. The highest BCUT2D eigenvalue weighted by Gasteiger charge is 2.08. The number of hydrogen-bond donors (Lipinski definition) is 2. The van der Waals surface area contributed by atoms with E-state index in [9.17, 15) is 14.7 Å². The minimum atomic E-state index is -1.00. The second kappa shape index (κ2) is 9.11. The highest BCUT2D eigenvalue weighted by Crippen LogP contribution is 1.99. The Kier molecular flexibility index (Phi) is 8.29. The van der Waals surface area contributed by atoms with E-state index in [1.165, 1.54) is 0 Å². The first kappa shape index (κ1) is 20.0. The molecular formula is C15H25N2O5+. The first-order valence-corrected chi connectivity index (χ1v) is 6.87. The molecular weight excluding hydrogens is 288 g/mol. The minimum absolute atomic E-state index is 0.0480. The average Bonchev–Trinajstić information content (AvgIpc) is 2.24. The molecule has 0 amide bonds. The summed E-state index contributed by atoms with van der Waals surface area (Å²) in [5.74, 6) is -1.87. The number of carbonyl (C=O) groups is 2. The standard InChI is InChI=1S/C10H13NO3.C5H11NO2/c1-8(12)5-9-3-2-4-11(6-9)7-10(13)14;1-6(2,3)4-5(7)8/h2-4,6,8,12H,5,7H2,1H3;4H2,1-3H3/p+1. The molecule has 0 aromatic carbocycles. The summed E-state index contributed by atoms with van der Waals surface area (Å²) < 4.78 is 2.00. The van der Waals surface area contributed by atoms with Gasteiger partial charge in [-0.3, -0.25) is 0 Å². The second-order valence-electron chi connectivity index (χ2n) is 6.15. The van der Waals surface area contributed by atoms with Gasteiger partial charge in [0.25, 0.3) is 0 Å². The lowest BCUT2D eigenvalue weighted by atomic mass is 10.1. The van der Waals surface area contributed by atoms with E-state index in [4.69, 9.17) is 10.2 Å². The van der Waals surface area contributed by atoms with E-state index in [0.717, 1.165) is 5.56 Å². The van der Waals surface area contributed by atoms with Crippen molar-refractivity contribution in [1.82, 2.24) is 0 Å². The van der Waals surface area contributed by atoms with Gasteiger partial charge in [0.05, 0.1) is 33.2 Å². The Labute approximate surface area is 130 Å². The average molecular weight is 313 g/mol. The fourth-order valence-corrected chi connectivity index (χ4v) is 1.68. The summed E-state index contributed by atoms with van der Waals surface area (Å²) in [4.78, 5) is 20.3. The lowest BCUT2D eigenvalue weighted by Crippen LogP contribution is -2.45. The van der Waals surface area contributed by atoms with Crippen LogP contribution in [0.15, 0.2) is 24.5 Å². The van der Waals surface area contributed by atoms with Crippen LogP contribution in [0.4, 0.5) is 0 Å². The van der Waals surface area contributed by atoms with E-state index < -0.39 is 18.0 Å². The highest BCUT2D eigenvalue weighted by molar-refractivity contribution is 5.65. The van der Waals surface area contributed by atoms with Crippen LogP contribution >= 0.6 is 0 Å². The van der Waals surface area contributed by atoms with Gasteiger partial charge in [-0.1, -0.05) is 0 Å². The molecule has 0 spiro atoms. The van der Waals surface area contributed by atoms with Crippen molar-refractivity contribution in [2.75, 3.05) is 27.7 Å². The molecule has 0 aliphatic carbocycles. The van der Waals surface area contributed by atoms with Crippen molar-refractivity contribution in [2.24, 2.45) is 0 Å². The monoisotopic (exact) mass is 313 g/mol. The van der Waals surface area contributed by atoms with Gasteiger partial charge in [-0.25, -0.2) is 4.79 Å². The fourth-order valence-electron chi connectivity index (χ4n) is 1.68. The zero-order chi connectivity index (χ0) is 17.3. The molecule has 0 bridgehead atoms. The summed E-state index contributed by atoms with van der Waals surface area (Å²) >= 11 is 0. The predicted octanol–water partition coefficient (Wildman–Crippen LogP) is -1.58. The van der Waals surface area contributed by atoms with Crippen LogP contribution in [0.25, 0.3) is 0 Å². The van der Waals surface area contributed by atoms with E-state index >= 15 is 0 Å². The molecule has 0 saturated heterocycles. The Morgan fingerprint density at radius 3 is 2.32 bits per heavy atom. The molecule has 1 aromatic rings. The van der Waals surface area contributed by atoms with Crippen molar-refractivity contribution in [1.29, 1.82) is 0 Å². The summed E-state index contributed by atoms with van der Waals surface area (Å²) in [6, 6.07) is 3.64. The zero-order valence-corrected chi connectivity index (χ0v) is 13.5. The van der Waals surface area contributed by atoms with Crippen molar-refractivity contribution in [2.45, 2.75) is 26.0 Å². The van der Waals surface area contributed by atoms with Crippen molar-refractivity contribution >= 4 is 11.9 Å². The Morgan fingerprint density at radius 1 is 1.36 bits per heavy atom. The number of aliphatic hydroxyl groups excluding tert-OH is 1. The molecule has 124 valence electrons. The molecule has 1 unspecified atom stereocenters.